The van der Waals surface area contributed by atoms with E-state index in [-0.39, 0.29) is 12.5 Å². The minimum Gasteiger partial charge on any atom is -0.481 e. The number of hydrogen-bond acceptors (Lipinski definition) is 3. The van der Waals surface area contributed by atoms with Crippen LogP contribution in [0.5, 0.6) is 0 Å². The van der Waals surface area contributed by atoms with Gasteiger partial charge >= 0.3 is 12.0 Å². The number of nitrogens with one attached hydrogen (secondary N) is 1. The van der Waals surface area contributed by atoms with Gasteiger partial charge in [0.05, 0.1) is 5.41 Å². The van der Waals surface area contributed by atoms with Crippen molar-refractivity contribution in [2.45, 2.75) is 58.9 Å². The molecule has 114 valence electrons. The van der Waals surface area contributed by atoms with Gasteiger partial charge in [-0.2, -0.15) is 0 Å². The molecule has 1 aliphatic heterocycles. The van der Waals surface area contributed by atoms with Crippen molar-refractivity contribution in [3.05, 3.63) is 0 Å². The number of nitrogens with zero attached hydrogens (tertiary/aromatic N) is 1. The van der Waals surface area contributed by atoms with Gasteiger partial charge in [-0.15, -0.1) is 0 Å². The molecule has 6 nitrogen and oxygen atoms in total. The van der Waals surface area contributed by atoms with Crippen LogP contribution in [0.1, 0.15) is 52.9 Å². The molecule has 1 fully saturated rings. The van der Waals surface area contributed by atoms with Gasteiger partial charge in [0.15, 0.2) is 0 Å². The fourth-order valence-electron chi connectivity index (χ4n) is 2.29. The first-order valence-corrected chi connectivity index (χ1v) is 7.08. The molecule has 2 N–H and O–H groups in total. The zero-order chi connectivity index (χ0) is 15.3. The molecule has 1 heterocycles. The molecule has 1 unspecified atom stereocenters. The van der Waals surface area contributed by atoms with Crippen molar-refractivity contribution >= 4 is 17.9 Å². The highest BCUT2D eigenvalue weighted by atomic mass is 16.4. The van der Waals surface area contributed by atoms with E-state index < -0.39 is 23.3 Å². The molecule has 1 aliphatic rings. The molecule has 0 radical (unpaired) electrons. The summed E-state index contributed by atoms with van der Waals surface area (Å²) in [5, 5.41) is 11.3. The van der Waals surface area contributed by atoms with E-state index in [0.717, 1.165) is 25.7 Å². The predicted octanol–water partition coefficient (Wildman–Crippen LogP) is 1.99. The smallest absolute Gasteiger partial charge is 0.324 e. The van der Waals surface area contributed by atoms with Crippen LogP contribution in [0.4, 0.5) is 4.79 Å². The highest BCUT2D eigenvalue weighted by Gasteiger charge is 2.31. The number of likely N-dealkylation sites (tertiary alicyclic amines) is 1. The van der Waals surface area contributed by atoms with Crippen molar-refractivity contribution in [2.24, 2.45) is 5.41 Å². The highest BCUT2D eigenvalue weighted by Crippen LogP contribution is 2.20. The lowest BCUT2D eigenvalue weighted by Crippen LogP contribution is -2.48. The molecule has 1 atom stereocenters. The Morgan fingerprint density at radius 3 is 2.50 bits per heavy atom. The van der Waals surface area contributed by atoms with E-state index in [9.17, 15) is 14.4 Å². The fraction of sp³-hybridized carbons (Fsp3) is 0.786. The number of rotatable bonds is 3. The second kappa shape index (κ2) is 6.72. The van der Waals surface area contributed by atoms with Crippen LogP contribution in [0.3, 0.4) is 0 Å². The summed E-state index contributed by atoms with van der Waals surface area (Å²) in [4.78, 5) is 36.5. The number of aliphatic carboxylic acids is 1. The van der Waals surface area contributed by atoms with Crippen LogP contribution in [0.15, 0.2) is 0 Å². The standard InChI is InChI=1S/C14H24N2O4/c1-10-7-5-4-6-8-16(10)13(20)15-11(17)9-14(2,3)12(18)19/h10H,4-9H2,1-3H3,(H,18,19)(H,15,17,20). The summed E-state index contributed by atoms with van der Waals surface area (Å²) >= 11 is 0. The lowest BCUT2D eigenvalue weighted by Gasteiger charge is -2.27. The van der Waals surface area contributed by atoms with Crippen LogP contribution in [0.25, 0.3) is 0 Å². The molecule has 0 saturated carbocycles. The van der Waals surface area contributed by atoms with Crippen LogP contribution in [0, 0.1) is 5.41 Å². The zero-order valence-electron chi connectivity index (χ0n) is 12.4. The van der Waals surface area contributed by atoms with Gasteiger partial charge in [-0.25, -0.2) is 4.79 Å². The van der Waals surface area contributed by atoms with Crippen LogP contribution in [-0.4, -0.2) is 40.5 Å². The highest BCUT2D eigenvalue weighted by molar-refractivity contribution is 5.96. The molecular weight excluding hydrogens is 260 g/mol. The third-order valence-corrected chi connectivity index (χ3v) is 3.74. The summed E-state index contributed by atoms with van der Waals surface area (Å²) < 4.78 is 0. The summed E-state index contributed by atoms with van der Waals surface area (Å²) in [7, 11) is 0. The maximum absolute atomic E-state index is 12.1. The third-order valence-electron chi connectivity index (χ3n) is 3.74. The molecular formula is C14H24N2O4. The Hall–Kier alpha value is -1.59. The number of carboxylic acid groups (broad SMARTS) is 1. The fourth-order valence-corrected chi connectivity index (χ4v) is 2.29. The second-order valence-corrected chi connectivity index (χ2v) is 6.11. The van der Waals surface area contributed by atoms with Gasteiger partial charge in [0.1, 0.15) is 0 Å². The van der Waals surface area contributed by atoms with E-state index in [4.69, 9.17) is 5.11 Å². The quantitative estimate of drug-likeness (QED) is 0.829. The van der Waals surface area contributed by atoms with Gasteiger partial charge in [-0.1, -0.05) is 12.8 Å². The van der Waals surface area contributed by atoms with Crippen molar-refractivity contribution in [1.29, 1.82) is 0 Å². The minimum absolute atomic E-state index is 0.109. The number of carbonyl (C=O) groups is 3. The maximum atomic E-state index is 12.1. The van der Waals surface area contributed by atoms with Gasteiger partial charge in [-0.3, -0.25) is 14.9 Å². The largest absolute Gasteiger partial charge is 0.481 e. The van der Waals surface area contributed by atoms with Crippen LogP contribution >= 0.6 is 0 Å². The first-order valence-electron chi connectivity index (χ1n) is 7.08. The summed E-state index contributed by atoms with van der Waals surface area (Å²) in [6.07, 6.45) is 3.84. The monoisotopic (exact) mass is 284 g/mol. The Morgan fingerprint density at radius 2 is 1.90 bits per heavy atom. The van der Waals surface area contributed by atoms with E-state index in [2.05, 4.69) is 5.32 Å². The zero-order valence-corrected chi connectivity index (χ0v) is 12.4. The summed E-state index contributed by atoms with van der Waals surface area (Å²) in [6.45, 7) is 5.54. The van der Waals surface area contributed by atoms with Gasteiger partial charge in [-0.05, 0) is 33.6 Å². The van der Waals surface area contributed by atoms with E-state index in [1.807, 2.05) is 6.92 Å². The van der Waals surface area contributed by atoms with Crippen molar-refractivity contribution < 1.29 is 19.5 Å². The Bertz CT molecular complexity index is 393. The second-order valence-electron chi connectivity index (χ2n) is 6.11. The van der Waals surface area contributed by atoms with E-state index in [1.54, 1.807) is 4.90 Å². The van der Waals surface area contributed by atoms with Crippen LogP contribution < -0.4 is 5.32 Å². The summed E-state index contributed by atoms with van der Waals surface area (Å²) in [5.74, 6) is -1.60. The molecule has 0 aromatic heterocycles. The van der Waals surface area contributed by atoms with Gasteiger partial charge in [0.2, 0.25) is 5.91 Å². The molecule has 0 bridgehead atoms. The van der Waals surface area contributed by atoms with Crippen molar-refractivity contribution in [2.75, 3.05) is 6.54 Å². The van der Waals surface area contributed by atoms with Crippen LogP contribution in [-0.2, 0) is 9.59 Å². The van der Waals surface area contributed by atoms with Gasteiger partial charge in [0, 0.05) is 19.0 Å². The molecule has 0 aromatic carbocycles. The van der Waals surface area contributed by atoms with E-state index in [1.165, 1.54) is 13.8 Å². The molecule has 6 heteroatoms. The van der Waals surface area contributed by atoms with Crippen LogP contribution in [0.2, 0.25) is 0 Å². The third kappa shape index (κ3) is 4.51. The Morgan fingerprint density at radius 1 is 1.25 bits per heavy atom. The number of urea groups is 1. The topological polar surface area (TPSA) is 86.7 Å². The Kier molecular flexibility index (Phi) is 5.53. The molecule has 1 saturated heterocycles. The van der Waals surface area contributed by atoms with Gasteiger partial charge in [0.25, 0.3) is 0 Å². The average molecular weight is 284 g/mol. The number of carbonyl (C=O) groups excluding carboxylic acids is 2. The normalized spacial score (nSPS) is 20.1. The maximum Gasteiger partial charge on any atom is 0.324 e. The Labute approximate surface area is 119 Å². The van der Waals surface area contributed by atoms with Gasteiger partial charge < -0.3 is 10.0 Å². The lowest BCUT2D eigenvalue weighted by atomic mass is 9.89. The average Bonchev–Trinajstić information content (AvgIpc) is 2.52. The molecule has 20 heavy (non-hydrogen) atoms. The molecule has 1 rings (SSSR count). The van der Waals surface area contributed by atoms with Crippen molar-refractivity contribution in [3.8, 4) is 0 Å². The van der Waals surface area contributed by atoms with E-state index in [0.29, 0.717) is 6.54 Å². The van der Waals surface area contributed by atoms with E-state index >= 15 is 0 Å². The molecule has 3 amide bonds. The first kappa shape index (κ1) is 16.5. The number of hydrogen-bond donors (Lipinski definition) is 2. The lowest BCUT2D eigenvalue weighted by molar-refractivity contribution is -0.149. The summed E-state index contributed by atoms with van der Waals surface area (Å²) in [6, 6.07) is -0.302. The Balaban J connectivity index is 2.56. The molecule has 0 spiro atoms. The number of imide groups is 1. The predicted molar refractivity (Wildman–Crippen MR) is 74.2 cm³/mol. The first-order chi connectivity index (χ1) is 9.24. The SMILES string of the molecule is CC1CCCCCN1C(=O)NC(=O)CC(C)(C)C(=O)O. The number of amides is 3. The minimum atomic E-state index is -1.17. The summed E-state index contributed by atoms with van der Waals surface area (Å²) in [5.41, 5.74) is -1.17. The number of carboxylic acids is 1. The van der Waals surface area contributed by atoms with Crippen molar-refractivity contribution in [1.82, 2.24) is 10.2 Å². The van der Waals surface area contributed by atoms with Crippen molar-refractivity contribution in [3.63, 3.8) is 0 Å². The molecule has 0 aromatic rings. The molecule has 0 aliphatic carbocycles.